The number of hydrogen-bond donors (Lipinski definition) is 3. The third-order valence-corrected chi connectivity index (χ3v) is 1.00. The summed E-state index contributed by atoms with van der Waals surface area (Å²) in [4.78, 5) is 10.3. The summed E-state index contributed by atoms with van der Waals surface area (Å²) in [5.74, 6) is 0. The van der Waals surface area contributed by atoms with E-state index in [2.05, 4.69) is 16.2 Å². The monoisotopic (exact) mass is 115 g/mol. The Balaban J connectivity index is 2.29. The van der Waals surface area contributed by atoms with Gasteiger partial charge in [-0.3, -0.25) is 5.43 Å². The first kappa shape index (κ1) is 5.37. The number of urea groups is 1. The van der Waals surface area contributed by atoms with Crippen molar-refractivity contribution in [1.82, 2.24) is 16.2 Å². The number of nitrogens with one attached hydrogen (secondary N) is 3. The molecule has 1 fully saturated rings. The molecule has 46 valence electrons. The quantitative estimate of drug-likeness (QED) is 0.387. The summed E-state index contributed by atoms with van der Waals surface area (Å²) in [6.45, 7) is 2.68. The highest BCUT2D eigenvalue weighted by molar-refractivity contribution is 5.73. The fourth-order valence-electron chi connectivity index (χ4n) is 0.530. The number of rotatable bonds is 0. The highest BCUT2D eigenvalue weighted by Gasteiger charge is 2.09. The van der Waals surface area contributed by atoms with Crippen molar-refractivity contribution < 1.29 is 4.79 Å². The van der Waals surface area contributed by atoms with Crippen LogP contribution in [0.2, 0.25) is 0 Å². The van der Waals surface area contributed by atoms with Gasteiger partial charge >= 0.3 is 6.03 Å². The van der Waals surface area contributed by atoms with E-state index in [1.807, 2.05) is 6.92 Å². The highest BCUT2D eigenvalue weighted by atomic mass is 16.2. The van der Waals surface area contributed by atoms with Crippen LogP contribution in [0.15, 0.2) is 0 Å². The molecule has 0 aromatic heterocycles. The van der Waals surface area contributed by atoms with E-state index in [-0.39, 0.29) is 6.03 Å². The molecule has 1 unspecified atom stereocenters. The molecule has 1 rings (SSSR count). The molecule has 1 aliphatic heterocycles. The fraction of sp³-hybridized carbons (Fsp3) is 0.750. The Labute approximate surface area is 47.6 Å². The van der Waals surface area contributed by atoms with Crippen molar-refractivity contribution in [2.24, 2.45) is 0 Å². The van der Waals surface area contributed by atoms with E-state index in [0.29, 0.717) is 12.6 Å². The Morgan fingerprint density at radius 3 is 2.88 bits per heavy atom. The lowest BCUT2D eigenvalue weighted by Crippen LogP contribution is -2.57. The maximum atomic E-state index is 10.3. The van der Waals surface area contributed by atoms with Gasteiger partial charge in [-0.05, 0) is 6.92 Å². The van der Waals surface area contributed by atoms with Crippen LogP contribution >= 0.6 is 0 Å². The smallest absolute Gasteiger partial charge is 0.329 e. The Kier molecular flexibility index (Phi) is 1.34. The second kappa shape index (κ2) is 2.00. The Bertz CT molecular complexity index is 93.5. The molecule has 1 aliphatic rings. The van der Waals surface area contributed by atoms with Gasteiger partial charge in [0, 0.05) is 12.6 Å². The largest absolute Gasteiger partial charge is 0.335 e. The SMILES string of the molecule is CC1CNC(=O)NN1. The summed E-state index contributed by atoms with van der Waals surface area (Å²) in [5, 5.41) is 2.62. The third kappa shape index (κ3) is 1.10. The molecule has 4 heteroatoms. The minimum Gasteiger partial charge on any atom is -0.335 e. The molecule has 3 N–H and O–H groups in total. The lowest BCUT2D eigenvalue weighted by atomic mass is 10.3. The van der Waals surface area contributed by atoms with Gasteiger partial charge in [0.25, 0.3) is 0 Å². The van der Waals surface area contributed by atoms with E-state index >= 15 is 0 Å². The Hall–Kier alpha value is -0.770. The molecule has 0 radical (unpaired) electrons. The lowest BCUT2D eigenvalue weighted by Gasteiger charge is -2.20. The molecule has 1 heterocycles. The molecule has 0 aromatic carbocycles. The molecule has 0 spiro atoms. The number of hydrazine groups is 1. The van der Waals surface area contributed by atoms with Gasteiger partial charge in [-0.25, -0.2) is 10.2 Å². The zero-order valence-corrected chi connectivity index (χ0v) is 4.69. The lowest BCUT2D eigenvalue weighted by molar-refractivity contribution is 0.224. The topological polar surface area (TPSA) is 53.2 Å². The molecule has 4 nitrogen and oxygen atoms in total. The van der Waals surface area contributed by atoms with Crippen molar-refractivity contribution in [3.8, 4) is 0 Å². The fourth-order valence-corrected chi connectivity index (χ4v) is 0.530. The number of carbonyl (C=O) groups excluding carboxylic acids is 1. The van der Waals surface area contributed by atoms with Crippen molar-refractivity contribution >= 4 is 6.03 Å². The summed E-state index contributed by atoms with van der Waals surface area (Å²) in [5.41, 5.74) is 5.20. The van der Waals surface area contributed by atoms with Gasteiger partial charge in [0.2, 0.25) is 0 Å². The van der Waals surface area contributed by atoms with Crippen LogP contribution in [0, 0.1) is 0 Å². The zero-order valence-electron chi connectivity index (χ0n) is 4.69. The van der Waals surface area contributed by atoms with Gasteiger partial charge < -0.3 is 5.32 Å². The van der Waals surface area contributed by atoms with E-state index in [4.69, 9.17) is 0 Å². The van der Waals surface area contributed by atoms with Gasteiger partial charge in [0.1, 0.15) is 0 Å². The molecule has 1 atom stereocenters. The maximum absolute atomic E-state index is 10.3. The van der Waals surface area contributed by atoms with Crippen molar-refractivity contribution in [2.75, 3.05) is 6.54 Å². The Morgan fingerprint density at radius 2 is 2.50 bits per heavy atom. The van der Waals surface area contributed by atoms with E-state index in [1.54, 1.807) is 0 Å². The first-order valence-electron chi connectivity index (χ1n) is 2.58. The predicted molar refractivity (Wildman–Crippen MR) is 29.1 cm³/mol. The normalized spacial score (nSPS) is 28.6. The standard InChI is InChI=1S/C4H9N3O/c1-3-2-5-4(8)7-6-3/h3,6H,2H2,1H3,(H2,5,7,8). The molecule has 1 saturated heterocycles. The van der Waals surface area contributed by atoms with Crippen LogP contribution in [-0.4, -0.2) is 18.6 Å². The summed E-state index contributed by atoms with van der Waals surface area (Å²) in [7, 11) is 0. The van der Waals surface area contributed by atoms with Crippen molar-refractivity contribution in [1.29, 1.82) is 0 Å². The van der Waals surface area contributed by atoms with Gasteiger partial charge in [-0.2, -0.15) is 0 Å². The molecule has 2 amide bonds. The zero-order chi connectivity index (χ0) is 5.98. The number of carbonyl (C=O) groups is 1. The molecule has 8 heavy (non-hydrogen) atoms. The summed E-state index contributed by atoms with van der Waals surface area (Å²) < 4.78 is 0. The minimum absolute atomic E-state index is 0.150. The molecular weight excluding hydrogens is 106 g/mol. The van der Waals surface area contributed by atoms with Crippen LogP contribution in [0.1, 0.15) is 6.92 Å². The van der Waals surface area contributed by atoms with Gasteiger partial charge in [0.05, 0.1) is 0 Å². The van der Waals surface area contributed by atoms with Crippen LogP contribution in [0.4, 0.5) is 4.79 Å². The Morgan fingerprint density at radius 1 is 1.75 bits per heavy atom. The molecule has 0 aromatic rings. The van der Waals surface area contributed by atoms with Crippen molar-refractivity contribution in [3.05, 3.63) is 0 Å². The second-order valence-electron chi connectivity index (χ2n) is 1.88. The van der Waals surface area contributed by atoms with Crippen molar-refractivity contribution in [2.45, 2.75) is 13.0 Å². The van der Waals surface area contributed by atoms with E-state index in [1.165, 1.54) is 0 Å². The minimum atomic E-state index is -0.150. The van der Waals surface area contributed by atoms with E-state index in [9.17, 15) is 4.79 Å². The van der Waals surface area contributed by atoms with Gasteiger partial charge in [0.15, 0.2) is 0 Å². The first-order valence-corrected chi connectivity index (χ1v) is 2.58. The summed E-state index contributed by atoms with van der Waals surface area (Å²) in [6.07, 6.45) is 0. The van der Waals surface area contributed by atoms with Gasteiger partial charge in [-0.15, -0.1) is 0 Å². The second-order valence-corrected chi connectivity index (χ2v) is 1.88. The maximum Gasteiger partial charge on any atom is 0.329 e. The van der Waals surface area contributed by atoms with Crippen molar-refractivity contribution in [3.63, 3.8) is 0 Å². The molecular formula is C4H9N3O. The molecule has 0 aliphatic carbocycles. The molecule has 0 bridgehead atoms. The van der Waals surface area contributed by atoms with E-state index < -0.39 is 0 Å². The van der Waals surface area contributed by atoms with E-state index in [0.717, 1.165) is 0 Å². The third-order valence-electron chi connectivity index (χ3n) is 1.00. The molecule has 0 saturated carbocycles. The number of amides is 2. The van der Waals surface area contributed by atoms with Gasteiger partial charge in [-0.1, -0.05) is 0 Å². The summed E-state index contributed by atoms with van der Waals surface area (Å²) >= 11 is 0. The van der Waals surface area contributed by atoms with Crippen LogP contribution < -0.4 is 16.2 Å². The highest BCUT2D eigenvalue weighted by Crippen LogP contribution is 1.79. The first-order chi connectivity index (χ1) is 3.79. The van der Waals surface area contributed by atoms with Crippen LogP contribution in [0.25, 0.3) is 0 Å². The average molecular weight is 115 g/mol. The van der Waals surface area contributed by atoms with Crippen LogP contribution in [-0.2, 0) is 0 Å². The van der Waals surface area contributed by atoms with Crippen LogP contribution in [0.3, 0.4) is 0 Å². The predicted octanol–water partition coefficient (Wildman–Crippen LogP) is -0.808. The summed E-state index contributed by atoms with van der Waals surface area (Å²) in [6, 6.07) is 0.177. The van der Waals surface area contributed by atoms with Crippen LogP contribution in [0.5, 0.6) is 0 Å². The number of hydrogen-bond acceptors (Lipinski definition) is 2. The average Bonchev–Trinajstić information content (AvgIpc) is 1.77.